The SMILES string of the molecule is N#Cc1cc(F)ccc1CN1CCC(c2cc(F)cc3c2CN(C2CCC(=O)NC2=O)C3=O)CC1. The lowest BCUT2D eigenvalue weighted by molar-refractivity contribution is -0.136. The van der Waals surface area contributed by atoms with Gasteiger partial charge >= 0.3 is 0 Å². The Morgan fingerprint density at radius 3 is 2.51 bits per heavy atom. The van der Waals surface area contributed by atoms with Crippen molar-refractivity contribution in [2.45, 2.75) is 50.7 Å². The summed E-state index contributed by atoms with van der Waals surface area (Å²) in [6.07, 6.45) is 1.91. The first kappa shape index (κ1) is 23.1. The van der Waals surface area contributed by atoms with Gasteiger partial charge in [-0.1, -0.05) is 6.07 Å². The molecule has 1 unspecified atom stereocenters. The number of benzene rings is 2. The van der Waals surface area contributed by atoms with Gasteiger partial charge in [0.1, 0.15) is 17.7 Å². The molecule has 0 bridgehead atoms. The highest BCUT2D eigenvalue weighted by Gasteiger charge is 2.41. The Kier molecular flexibility index (Phi) is 6.07. The van der Waals surface area contributed by atoms with Crippen molar-refractivity contribution in [1.82, 2.24) is 15.1 Å². The van der Waals surface area contributed by atoms with Crippen LogP contribution in [0.4, 0.5) is 8.78 Å². The zero-order chi connectivity index (χ0) is 24.7. The van der Waals surface area contributed by atoms with Crippen molar-refractivity contribution < 1.29 is 23.2 Å². The lowest BCUT2D eigenvalue weighted by atomic mass is 9.85. The summed E-state index contributed by atoms with van der Waals surface area (Å²) in [5, 5.41) is 11.6. The van der Waals surface area contributed by atoms with E-state index in [0.29, 0.717) is 25.2 Å². The van der Waals surface area contributed by atoms with E-state index in [0.717, 1.165) is 29.5 Å². The predicted molar refractivity (Wildman–Crippen MR) is 121 cm³/mol. The molecule has 1 atom stereocenters. The van der Waals surface area contributed by atoms with Crippen molar-refractivity contribution in [2.24, 2.45) is 0 Å². The maximum absolute atomic E-state index is 14.6. The van der Waals surface area contributed by atoms with E-state index in [1.165, 1.54) is 29.2 Å². The molecular formula is C26H24F2N4O3. The first-order valence-electron chi connectivity index (χ1n) is 11.7. The zero-order valence-corrected chi connectivity index (χ0v) is 19.0. The summed E-state index contributed by atoms with van der Waals surface area (Å²) >= 11 is 0. The number of carbonyl (C=O) groups is 3. The van der Waals surface area contributed by atoms with Crippen molar-refractivity contribution >= 4 is 17.7 Å². The van der Waals surface area contributed by atoms with Crippen LogP contribution in [0.25, 0.3) is 0 Å². The van der Waals surface area contributed by atoms with E-state index >= 15 is 0 Å². The summed E-state index contributed by atoms with van der Waals surface area (Å²) in [5.41, 5.74) is 2.93. The van der Waals surface area contributed by atoms with Crippen LogP contribution in [-0.4, -0.2) is 46.7 Å². The van der Waals surface area contributed by atoms with Gasteiger partial charge in [-0.05, 0) is 79.2 Å². The largest absolute Gasteiger partial charge is 0.322 e. The minimum atomic E-state index is -0.740. The second kappa shape index (κ2) is 9.19. The molecule has 0 aromatic heterocycles. The molecule has 2 aromatic rings. The van der Waals surface area contributed by atoms with Crippen molar-refractivity contribution in [3.63, 3.8) is 0 Å². The van der Waals surface area contributed by atoms with Crippen LogP contribution < -0.4 is 5.32 Å². The van der Waals surface area contributed by atoms with Crippen molar-refractivity contribution in [3.05, 3.63) is 69.8 Å². The average molecular weight is 478 g/mol. The molecule has 180 valence electrons. The number of likely N-dealkylation sites (tertiary alicyclic amines) is 1. The summed E-state index contributed by atoms with van der Waals surface area (Å²) in [6, 6.07) is 8.26. The maximum atomic E-state index is 14.6. The molecule has 3 heterocycles. The lowest BCUT2D eigenvalue weighted by Crippen LogP contribution is -2.52. The third-order valence-electron chi connectivity index (χ3n) is 7.27. The van der Waals surface area contributed by atoms with Crippen LogP contribution >= 0.6 is 0 Å². The van der Waals surface area contributed by atoms with Crippen LogP contribution in [0.15, 0.2) is 30.3 Å². The summed E-state index contributed by atoms with van der Waals surface area (Å²) in [7, 11) is 0. The number of halogens is 2. The summed E-state index contributed by atoms with van der Waals surface area (Å²) < 4.78 is 28.0. The number of hydrogen-bond donors (Lipinski definition) is 1. The smallest absolute Gasteiger partial charge is 0.255 e. The van der Waals surface area contributed by atoms with E-state index in [2.05, 4.69) is 10.2 Å². The maximum Gasteiger partial charge on any atom is 0.255 e. The Balaban J connectivity index is 1.31. The van der Waals surface area contributed by atoms with E-state index in [-0.39, 0.29) is 42.7 Å². The van der Waals surface area contributed by atoms with Crippen LogP contribution in [0.5, 0.6) is 0 Å². The molecule has 3 amide bonds. The number of hydrogen-bond acceptors (Lipinski definition) is 5. The average Bonchev–Trinajstić information content (AvgIpc) is 3.16. The fourth-order valence-electron chi connectivity index (χ4n) is 5.45. The van der Waals surface area contributed by atoms with Gasteiger partial charge in [-0.3, -0.25) is 24.6 Å². The third kappa shape index (κ3) is 4.42. The second-order valence-electron chi connectivity index (χ2n) is 9.38. The Bertz CT molecular complexity index is 1260. The highest BCUT2D eigenvalue weighted by Crippen LogP contribution is 2.38. The topological polar surface area (TPSA) is 93.5 Å². The molecule has 2 fully saturated rings. The Labute approximate surface area is 201 Å². The van der Waals surface area contributed by atoms with Crippen molar-refractivity contribution in [1.29, 1.82) is 5.26 Å². The van der Waals surface area contributed by atoms with Gasteiger partial charge < -0.3 is 4.90 Å². The van der Waals surface area contributed by atoms with Gasteiger partial charge in [0.25, 0.3) is 5.91 Å². The monoisotopic (exact) mass is 478 g/mol. The second-order valence-corrected chi connectivity index (χ2v) is 9.38. The molecule has 2 aromatic carbocycles. The van der Waals surface area contributed by atoms with Crippen LogP contribution in [0, 0.1) is 23.0 Å². The van der Waals surface area contributed by atoms with Crippen LogP contribution in [0.3, 0.4) is 0 Å². The first-order chi connectivity index (χ1) is 16.8. The molecule has 9 heteroatoms. The summed E-state index contributed by atoms with van der Waals surface area (Å²) in [5.74, 6) is -2.09. The Hall–Kier alpha value is -3.64. The third-order valence-corrected chi connectivity index (χ3v) is 7.27. The van der Waals surface area contributed by atoms with E-state index in [1.807, 2.05) is 6.07 Å². The standard InChI is InChI=1S/C26H24F2N4O3/c27-18-2-1-16(17(9-18)12-29)13-31-7-5-15(6-8-31)20-10-19(28)11-21-22(20)14-32(26(21)35)23-3-4-24(33)30-25(23)34/h1-2,9-11,15,23H,3-8,13-14H2,(H,30,33,34). The van der Waals surface area contributed by atoms with E-state index in [4.69, 9.17) is 0 Å². The molecule has 0 aliphatic carbocycles. The quantitative estimate of drug-likeness (QED) is 0.682. The highest BCUT2D eigenvalue weighted by molar-refractivity contribution is 6.05. The molecule has 3 aliphatic heterocycles. The molecule has 0 spiro atoms. The molecule has 0 saturated carbocycles. The van der Waals surface area contributed by atoms with Crippen molar-refractivity contribution in [3.8, 4) is 6.07 Å². The number of piperidine rings is 2. The molecule has 7 nitrogen and oxygen atoms in total. The van der Waals surface area contributed by atoms with Gasteiger partial charge in [-0.2, -0.15) is 5.26 Å². The summed E-state index contributed by atoms with van der Waals surface area (Å²) in [4.78, 5) is 40.6. The number of nitrogens with one attached hydrogen (secondary N) is 1. The van der Waals surface area contributed by atoms with E-state index in [1.54, 1.807) is 6.07 Å². The number of rotatable bonds is 4. The van der Waals surface area contributed by atoms with Gasteiger partial charge in [-0.25, -0.2) is 8.78 Å². The number of nitrogens with zero attached hydrogens (tertiary/aromatic N) is 3. The predicted octanol–water partition coefficient (Wildman–Crippen LogP) is 2.98. The van der Waals surface area contributed by atoms with Gasteiger partial charge in [0.2, 0.25) is 11.8 Å². The van der Waals surface area contributed by atoms with Crippen molar-refractivity contribution in [2.75, 3.05) is 13.1 Å². The van der Waals surface area contributed by atoms with Gasteiger partial charge in [-0.15, -0.1) is 0 Å². The fraction of sp³-hybridized carbons (Fsp3) is 0.385. The number of nitriles is 1. The highest BCUT2D eigenvalue weighted by atomic mass is 19.1. The fourth-order valence-corrected chi connectivity index (χ4v) is 5.45. The zero-order valence-electron chi connectivity index (χ0n) is 19.0. The van der Waals surface area contributed by atoms with Gasteiger partial charge in [0.15, 0.2) is 0 Å². The number of imide groups is 1. The minimum absolute atomic E-state index is 0.0499. The summed E-state index contributed by atoms with van der Waals surface area (Å²) in [6.45, 7) is 2.17. The Morgan fingerprint density at radius 1 is 1.03 bits per heavy atom. The van der Waals surface area contributed by atoms with E-state index < -0.39 is 23.6 Å². The van der Waals surface area contributed by atoms with Crippen LogP contribution in [0.1, 0.15) is 64.2 Å². The number of carbonyl (C=O) groups excluding carboxylic acids is 3. The minimum Gasteiger partial charge on any atom is -0.322 e. The first-order valence-corrected chi connectivity index (χ1v) is 11.7. The molecular weight excluding hydrogens is 454 g/mol. The van der Waals surface area contributed by atoms with Crippen LogP contribution in [0.2, 0.25) is 0 Å². The van der Waals surface area contributed by atoms with E-state index in [9.17, 15) is 28.4 Å². The Morgan fingerprint density at radius 2 is 1.80 bits per heavy atom. The van der Waals surface area contributed by atoms with Crippen LogP contribution in [-0.2, 0) is 22.7 Å². The molecule has 3 aliphatic rings. The number of amides is 3. The number of fused-ring (bicyclic) bond motifs is 1. The molecule has 35 heavy (non-hydrogen) atoms. The molecule has 1 N–H and O–H groups in total. The molecule has 5 rings (SSSR count). The van der Waals surface area contributed by atoms with Gasteiger partial charge in [0.05, 0.1) is 11.6 Å². The lowest BCUT2D eigenvalue weighted by Gasteiger charge is -2.33. The van der Waals surface area contributed by atoms with Gasteiger partial charge in [0, 0.05) is 25.1 Å². The molecule has 0 radical (unpaired) electrons. The molecule has 2 saturated heterocycles. The normalized spacial score (nSPS) is 21.1.